The van der Waals surface area contributed by atoms with Crippen molar-refractivity contribution in [1.82, 2.24) is 24.3 Å². The van der Waals surface area contributed by atoms with Crippen molar-refractivity contribution in [3.8, 4) is 0 Å². The number of benzene rings is 1. The highest BCUT2D eigenvalue weighted by Gasteiger charge is 2.30. The third kappa shape index (κ3) is 3.72. The maximum absolute atomic E-state index is 13.4. The molecule has 1 saturated carbocycles. The Labute approximate surface area is 177 Å². The Hall–Kier alpha value is -2.73. The molecule has 1 atom stereocenters. The highest BCUT2D eigenvalue weighted by Crippen LogP contribution is 2.37. The third-order valence-electron chi connectivity index (χ3n) is 6.23. The molecule has 0 radical (unpaired) electrons. The van der Waals surface area contributed by atoms with Crippen LogP contribution in [0, 0.1) is 0 Å². The van der Waals surface area contributed by atoms with E-state index in [1.165, 1.54) is 24.0 Å². The predicted octanol–water partition coefficient (Wildman–Crippen LogP) is 4.20. The van der Waals surface area contributed by atoms with Gasteiger partial charge in [0.15, 0.2) is 5.65 Å². The molecule has 0 N–H and O–H groups in total. The summed E-state index contributed by atoms with van der Waals surface area (Å²) in [5, 5.41) is 0. The molecule has 156 valence electrons. The van der Waals surface area contributed by atoms with Crippen molar-refractivity contribution in [1.29, 1.82) is 0 Å². The summed E-state index contributed by atoms with van der Waals surface area (Å²) in [7, 11) is 4.15. The molecule has 1 amide bonds. The van der Waals surface area contributed by atoms with Crippen molar-refractivity contribution in [3.05, 3.63) is 59.5 Å². The normalized spacial score (nSPS) is 19.6. The summed E-state index contributed by atoms with van der Waals surface area (Å²) in [4.78, 5) is 26.7. The van der Waals surface area contributed by atoms with Gasteiger partial charge in [0.25, 0.3) is 5.91 Å². The van der Waals surface area contributed by atoms with Gasteiger partial charge in [0.05, 0.1) is 17.9 Å². The standard InChI is InChI=1S/C24H29N5O/c1-27(2)15-17-6-8-18(9-7-17)22-5-3-4-12-28(22)24(30)19-13-21-23(25-14-19)29(16-26-21)20-10-11-20/h6-9,13-14,16,20,22H,3-5,10-12,15H2,1-2H3. The van der Waals surface area contributed by atoms with Gasteiger partial charge in [0, 0.05) is 25.3 Å². The lowest BCUT2D eigenvalue weighted by Gasteiger charge is -2.36. The number of carbonyl (C=O) groups is 1. The van der Waals surface area contributed by atoms with Crippen LogP contribution in [-0.4, -0.2) is 50.9 Å². The van der Waals surface area contributed by atoms with Gasteiger partial charge in [-0.05, 0) is 63.4 Å². The number of hydrogen-bond donors (Lipinski definition) is 0. The first kappa shape index (κ1) is 19.2. The topological polar surface area (TPSA) is 54.3 Å². The highest BCUT2D eigenvalue weighted by molar-refractivity contribution is 5.96. The van der Waals surface area contributed by atoms with Crippen LogP contribution in [0.25, 0.3) is 11.2 Å². The number of amides is 1. The van der Waals surface area contributed by atoms with E-state index in [1.807, 2.05) is 17.3 Å². The van der Waals surface area contributed by atoms with Crippen molar-refractivity contribution >= 4 is 17.1 Å². The Morgan fingerprint density at radius 3 is 2.63 bits per heavy atom. The number of carbonyl (C=O) groups excluding carboxylic acids is 1. The van der Waals surface area contributed by atoms with Crippen molar-refractivity contribution < 1.29 is 4.79 Å². The van der Waals surface area contributed by atoms with E-state index in [4.69, 9.17) is 0 Å². The van der Waals surface area contributed by atoms with E-state index in [9.17, 15) is 4.79 Å². The Balaban J connectivity index is 1.39. The number of rotatable bonds is 5. The van der Waals surface area contributed by atoms with Crippen LogP contribution in [0.15, 0.2) is 42.9 Å². The smallest absolute Gasteiger partial charge is 0.256 e. The minimum Gasteiger partial charge on any atom is -0.332 e. The Kier molecular flexibility index (Phi) is 5.03. The second-order valence-corrected chi connectivity index (χ2v) is 8.94. The molecule has 1 aromatic carbocycles. The molecule has 2 aromatic heterocycles. The summed E-state index contributed by atoms with van der Waals surface area (Å²) < 4.78 is 2.14. The van der Waals surface area contributed by atoms with Crippen molar-refractivity contribution in [2.24, 2.45) is 0 Å². The van der Waals surface area contributed by atoms with Gasteiger partial charge in [-0.25, -0.2) is 9.97 Å². The number of imidazole rings is 1. The van der Waals surface area contributed by atoms with E-state index in [2.05, 4.69) is 57.8 Å². The van der Waals surface area contributed by atoms with Crippen LogP contribution in [0.3, 0.4) is 0 Å². The molecule has 1 aliphatic carbocycles. The minimum absolute atomic E-state index is 0.0624. The zero-order valence-electron chi connectivity index (χ0n) is 17.8. The molecule has 2 aliphatic rings. The molecule has 0 bridgehead atoms. The number of pyridine rings is 1. The number of likely N-dealkylation sites (tertiary alicyclic amines) is 1. The number of hydrogen-bond acceptors (Lipinski definition) is 4. The average molecular weight is 404 g/mol. The molecular formula is C24H29N5O. The fourth-order valence-corrected chi connectivity index (χ4v) is 4.55. The quantitative estimate of drug-likeness (QED) is 0.641. The van der Waals surface area contributed by atoms with E-state index in [1.54, 1.807) is 6.20 Å². The van der Waals surface area contributed by atoms with Gasteiger partial charge in [-0.15, -0.1) is 0 Å². The summed E-state index contributed by atoms with van der Waals surface area (Å²) in [5.74, 6) is 0.0624. The molecule has 6 nitrogen and oxygen atoms in total. The second kappa shape index (κ2) is 7.84. The molecule has 1 aliphatic heterocycles. The molecule has 1 unspecified atom stereocenters. The lowest BCUT2D eigenvalue weighted by molar-refractivity contribution is 0.0611. The summed E-state index contributed by atoms with van der Waals surface area (Å²) in [5.41, 5.74) is 4.85. The number of piperidine rings is 1. The van der Waals surface area contributed by atoms with Gasteiger partial charge in [-0.2, -0.15) is 0 Å². The first-order valence-corrected chi connectivity index (χ1v) is 11.0. The van der Waals surface area contributed by atoms with Crippen molar-refractivity contribution in [2.45, 2.75) is 50.7 Å². The first-order valence-electron chi connectivity index (χ1n) is 11.0. The Bertz CT molecular complexity index is 1050. The maximum atomic E-state index is 13.4. The van der Waals surface area contributed by atoms with E-state index < -0.39 is 0 Å². The lowest BCUT2D eigenvalue weighted by atomic mass is 9.94. The van der Waals surface area contributed by atoms with Gasteiger partial charge >= 0.3 is 0 Å². The molecule has 30 heavy (non-hydrogen) atoms. The van der Waals surface area contributed by atoms with Crippen LogP contribution in [0.5, 0.6) is 0 Å². The minimum atomic E-state index is 0.0624. The highest BCUT2D eigenvalue weighted by atomic mass is 16.2. The van der Waals surface area contributed by atoms with Crippen LogP contribution in [0.4, 0.5) is 0 Å². The van der Waals surface area contributed by atoms with Crippen LogP contribution in [-0.2, 0) is 6.54 Å². The van der Waals surface area contributed by atoms with Gasteiger partial charge in [0.2, 0.25) is 0 Å². The lowest BCUT2D eigenvalue weighted by Crippen LogP contribution is -2.38. The Morgan fingerprint density at radius 2 is 1.90 bits per heavy atom. The van der Waals surface area contributed by atoms with Crippen LogP contribution in [0.2, 0.25) is 0 Å². The van der Waals surface area contributed by atoms with Crippen LogP contribution >= 0.6 is 0 Å². The fraction of sp³-hybridized carbons (Fsp3) is 0.458. The third-order valence-corrected chi connectivity index (χ3v) is 6.23. The fourth-order valence-electron chi connectivity index (χ4n) is 4.55. The number of fused-ring (bicyclic) bond motifs is 1. The van der Waals surface area contributed by atoms with Crippen LogP contribution in [0.1, 0.15) is 65.7 Å². The Morgan fingerprint density at radius 1 is 1.10 bits per heavy atom. The van der Waals surface area contributed by atoms with E-state index in [0.717, 1.165) is 43.5 Å². The van der Waals surface area contributed by atoms with Crippen molar-refractivity contribution in [2.75, 3.05) is 20.6 Å². The summed E-state index contributed by atoms with van der Waals surface area (Å²) in [6.45, 7) is 1.71. The monoisotopic (exact) mass is 403 g/mol. The molecule has 0 spiro atoms. The molecule has 1 saturated heterocycles. The largest absolute Gasteiger partial charge is 0.332 e. The molecule has 3 heterocycles. The SMILES string of the molecule is CN(C)Cc1ccc(C2CCCCN2C(=O)c2cnc3c(c2)ncn3C2CC2)cc1. The van der Waals surface area contributed by atoms with E-state index in [0.29, 0.717) is 11.6 Å². The van der Waals surface area contributed by atoms with Gasteiger partial charge in [0.1, 0.15) is 5.52 Å². The predicted molar refractivity (Wildman–Crippen MR) is 117 cm³/mol. The zero-order valence-corrected chi connectivity index (χ0v) is 17.8. The van der Waals surface area contributed by atoms with E-state index >= 15 is 0 Å². The molecule has 3 aromatic rings. The molecular weight excluding hydrogens is 374 g/mol. The van der Waals surface area contributed by atoms with Crippen LogP contribution < -0.4 is 0 Å². The maximum Gasteiger partial charge on any atom is 0.256 e. The van der Waals surface area contributed by atoms with Gasteiger partial charge in [-0.1, -0.05) is 24.3 Å². The van der Waals surface area contributed by atoms with Crippen molar-refractivity contribution in [3.63, 3.8) is 0 Å². The molecule has 5 rings (SSSR count). The zero-order chi connectivity index (χ0) is 20.7. The van der Waals surface area contributed by atoms with Gasteiger partial charge < -0.3 is 14.4 Å². The second-order valence-electron chi connectivity index (χ2n) is 8.94. The molecule has 2 fully saturated rings. The summed E-state index contributed by atoms with van der Waals surface area (Å²) in [6.07, 6.45) is 9.18. The van der Waals surface area contributed by atoms with Gasteiger partial charge in [-0.3, -0.25) is 4.79 Å². The average Bonchev–Trinajstić information content (AvgIpc) is 3.52. The summed E-state index contributed by atoms with van der Waals surface area (Å²) in [6, 6.07) is 11.3. The number of nitrogens with zero attached hydrogens (tertiary/aromatic N) is 5. The van der Waals surface area contributed by atoms with E-state index in [-0.39, 0.29) is 11.9 Å². The molecule has 6 heteroatoms. The first-order chi connectivity index (χ1) is 14.6. The number of aromatic nitrogens is 3. The summed E-state index contributed by atoms with van der Waals surface area (Å²) >= 11 is 0.